The van der Waals surface area contributed by atoms with Gasteiger partial charge in [-0.3, -0.25) is 9.59 Å². The minimum atomic E-state index is -0.142. The third-order valence-electron chi connectivity index (χ3n) is 3.69. The smallest absolute Gasteiger partial charge is 0.255 e. The van der Waals surface area contributed by atoms with E-state index in [4.69, 9.17) is 0 Å². The summed E-state index contributed by atoms with van der Waals surface area (Å²) in [5.74, 6) is -0.0662. The standard InChI is InChI=1S/C17H16N2O2/c1-11-4-3-5-12(8-11)17(21)18-14-6-7-15-13(9-14)10-16(20)19(15)2/h3-9H,10H2,1-2H3,(H,18,21). The van der Waals surface area contributed by atoms with Crippen molar-refractivity contribution in [3.63, 3.8) is 0 Å². The van der Waals surface area contributed by atoms with Crippen molar-refractivity contribution < 1.29 is 9.59 Å². The number of anilines is 2. The molecular weight excluding hydrogens is 264 g/mol. The summed E-state index contributed by atoms with van der Waals surface area (Å²) in [6, 6.07) is 13.0. The van der Waals surface area contributed by atoms with Gasteiger partial charge in [-0.05, 0) is 42.8 Å². The molecule has 0 fully saturated rings. The second kappa shape index (κ2) is 5.05. The molecule has 0 saturated carbocycles. The Balaban J connectivity index is 1.82. The van der Waals surface area contributed by atoms with E-state index in [-0.39, 0.29) is 11.8 Å². The number of likely N-dealkylation sites (N-methyl/N-ethyl adjacent to an activating group) is 1. The lowest BCUT2D eigenvalue weighted by molar-refractivity contribution is -0.117. The summed E-state index contributed by atoms with van der Waals surface area (Å²) in [6.07, 6.45) is 0.389. The summed E-state index contributed by atoms with van der Waals surface area (Å²) in [7, 11) is 1.76. The van der Waals surface area contributed by atoms with Crippen molar-refractivity contribution in [3.8, 4) is 0 Å². The van der Waals surface area contributed by atoms with E-state index in [0.29, 0.717) is 17.7 Å². The van der Waals surface area contributed by atoms with Crippen molar-refractivity contribution >= 4 is 23.2 Å². The molecule has 0 atom stereocenters. The van der Waals surface area contributed by atoms with Crippen LogP contribution in [-0.2, 0) is 11.2 Å². The maximum atomic E-state index is 12.2. The number of benzene rings is 2. The average molecular weight is 280 g/mol. The molecule has 1 aliphatic heterocycles. The minimum Gasteiger partial charge on any atom is -0.322 e. The molecule has 0 bridgehead atoms. The number of aryl methyl sites for hydroxylation is 1. The Labute approximate surface area is 123 Å². The number of hydrogen-bond acceptors (Lipinski definition) is 2. The molecule has 2 aromatic rings. The van der Waals surface area contributed by atoms with Crippen LogP contribution in [0.4, 0.5) is 11.4 Å². The zero-order chi connectivity index (χ0) is 15.0. The Morgan fingerprint density at radius 3 is 2.76 bits per heavy atom. The van der Waals surface area contributed by atoms with Crippen LogP contribution in [0, 0.1) is 6.92 Å². The highest BCUT2D eigenvalue weighted by Crippen LogP contribution is 2.30. The van der Waals surface area contributed by atoms with Gasteiger partial charge in [0.2, 0.25) is 5.91 Å². The fourth-order valence-electron chi connectivity index (χ4n) is 2.54. The normalized spacial score (nSPS) is 13.2. The fourth-order valence-corrected chi connectivity index (χ4v) is 2.54. The van der Waals surface area contributed by atoms with Gasteiger partial charge in [0, 0.05) is 24.0 Å². The molecule has 1 N–H and O–H groups in total. The van der Waals surface area contributed by atoms with Crippen LogP contribution < -0.4 is 10.2 Å². The number of carbonyl (C=O) groups is 2. The van der Waals surface area contributed by atoms with Crippen LogP contribution in [0.5, 0.6) is 0 Å². The van der Waals surface area contributed by atoms with E-state index in [0.717, 1.165) is 16.8 Å². The van der Waals surface area contributed by atoms with Crippen molar-refractivity contribution in [2.24, 2.45) is 0 Å². The molecule has 1 heterocycles. The van der Waals surface area contributed by atoms with Crippen molar-refractivity contribution in [2.45, 2.75) is 13.3 Å². The summed E-state index contributed by atoms with van der Waals surface area (Å²) >= 11 is 0. The van der Waals surface area contributed by atoms with Gasteiger partial charge < -0.3 is 10.2 Å². The second-order valence-corrected chi connectivity index (χ2v) is 5.30. The maximum absolute atomic E-state index is 12.2. The van der Waals surface area contributed by atoms with Gasteiger partial charge in [-0.15, -0.1) is 0 Å². The van der Waals surface area contributed by atoms with Gasteiger partial charge >= 0.3 is 0 Å². The number of carbonyl (C=O) groups excluding carboxylic acids is 2. The minimum absolute atomic E-state index is 0.0761. The lowest BCUT2D eigenvalue weighted by Gasteiger charge is -2.11. The van der Waals surface area contributed by atoms with Gasteiger partial charge in [0.15, 0.2) is 0 Å². The number of amides is 2. The van der Waals surface area contributed by atoms with E-state index < -0.39 is 0 Å². The molecule has 21 heavy (non-hydrogen) atoms. The molecule has 0 aromatic heterocycles. The topological polar surface area (TPSA) is 49.4 Å². The average Bonchev–Trinajstić information content (AvgIpc) is 2.73. The SMILES string of the molecule is Cc1cccc(C(=O)Nc2ccc3c(c2)CC(=O)N3C)c1. The zero-order valence-electron chi connectivity index (χ0n) is 12.0. The highest BCUT2D eigenvalue weighted by atomic mass is 16.2. The maximum Gasteiger partial charge on any atom is 0.255 e. The molecule has 3 rings (SSSR count). The molecule has 2 amide bonds. The quantitative estimate of drug-likeness (QED) is 0.919. The number of hydrogen-bond donors (Lipinski definition) is 1. The van der Waals surface area contributed by atoms with Crippen molar-refractivity contribution in [1.82, 2.24) is 0 Å². The molecule has 2 aromatic carbocycles. The van der Waals surface area contributed by atoms with Gasteiger partial charge in [0.25, 0.3) is 5.91 Å². The Morgan fingerprint density at radius 2 is 2.00 bits per heavy atom. The molecule has 0 saturated heterocycles. The van der Waals surface area contributed by atoms with Crippen LogP contribution in [-0.4, -0.2) is 18.9 Å². The third kappa shape index (κ3) is 2.52. The Morgan fingerprint density at radius 1 is 1.19 bits per heavy atom. The monoisotopic (exact) mass is 280 g/mol. The first-order valence-corrected chi connectivity index (χ1v) is 6.82. The van der Waals surface area contributed by atoms with Crippen LogP contribution in [0.3, 0.4) is 0 Å². The Bertz CT molecular complexity index is 737. The molecule has 0 unspecified atom stereocenters. The third-order valence-corrected chi connectivity index (χ3v) is 3.69. The summed E-state index contributed by atoms with van der Waals surface area (Å²) < 4.78 is 0. The Kier molecular flexibility index (Phi) is 3.22. The van der Waals surface area contributed by atoms with Crippen molar-refractivity contribution in [1.29, 1.82) is 0 Å². The highest BCUT2D eigenvalue weighted by Gasteiger charge is 2.24. The first-order valence-electron chi connectivity index (χ1n) is 6.82. The molecule has 1 aliphatic rings. The molecule has 0 radical (unpaired) electrons. The highest BCUT2D eigenvalue weighted by molar-refractivity contribution is 6.05. The lowest BCUT2D eigenvalue weighted by Crippen LogP contribution is -2.20. The molecule has 106 valence electrons. The van der Waals surface area contributed by atoms with Gasteiger partial charge in [0.1, 0.15) is 0 Å². The van der Waals surface area contributed by atoms with Gasteiger partial charge in [-0.25, -0.2) is 0 Å². The van der Waals surface area contributed by atoms with E-state index in [9.17, 15) is 9.59 Å². The molecule has 4 nitrogen and oxygen atoms in total. The zero-order valence-corrected chi connectivity index (χ0v) is 12.0. The van der Waals surface area contributed by atoms with Gasteiger partial charge in [-0.1, -0.05) is 17.7 Å². The summed E-state index contributed by atoms with van der Waals surface area (Å²) in [6.45, 7) is 1.95. The molecule has 4 heteroatoms. The predicted octanol–water partition coefficient (Wildman–Crippen LogP) is 2.77. The van der Waals surface area contributed by atoms with E-state index in [1.54, 1.807) is 18.0 Å². The van der Waals surface area contributed by atoms with E-state index in [1.165, 1.54) is 0 Å². The predicted molar refractivity (Wildman–Crippen MR) is 82.7 cm³/mol. The fraction of sp³-hybridized carbons (Fsp3) is 0.176. The second-order valence-electron chi connectivity index (χ2n) is 5.30. The van der Waals surface area contributed by atoms with E-state index in [2.05, 4.69) is 5.32 Å². The molecular formula is C17H16N2O2. The summed E-state index contributed by atoms with van der Waals surface area (Å²) in [5.41, 5.74) is 4.24. The van der Waals surface area contributed by atoms with Crippen LogP contribution in [0.2, 0.25) is 0 Å². The number of nitrogens with one attached hydrogen (secondary N) is 1. The van der Waals surface area contributed by atoms with Crippen molar-refractivity contribution in [2.75, 3.05) is 17.3 Å². The largest absolute Gasteiger partial charge is 0.322 e. The van der Waals surface area contributed by atoms with E-state index in [1.807, 2.05) is 43.3 Å². The molecule has 0 aliphatic carbocycles. The molecule has 0 spiro atoms. The Hall–Kier alpha value is -2.62. The van der Waals surface area contributed by atoms with Crippen molar-refractivity contribution in [3.05, 3.63) is 59.2 Å². The van der Waals surface area contributed by atoms with Crippen LogP contribution in [0.1, 0.15) is 21.5 Å². The van der Waals surface area contributed by atoms with Crippen LogP contribution in [0.25, 0.3) is 0 Å². The van der Waals surface area contributed by atoms with E-state index >= 15 is 0 Å². The summed E-state index contributed by atoms with van der Waals surface area (Å²) in [4.78, 5) is 25.5. The number of rotatable bonds is 2. The van der Waals surface area contributed by atoms with Crippen LogP contribution >= 0.6 is 0 Å². The van der Waals surface area contributed by atoms with Gasteiger partial charge in [-0.2, -0.15) is 0 Å². The van der Waals surface area contributed by atoms with Crippen LogP contribution in [0.15, 0.2) is 42.5 Å². The van der Waals surface area contributed by atoms with Gasteiger partial charge in [0.05, 0.1) is 6.42 Å². The first-order chi connectivity index (χ1) is 10.0. The lowest BCUT2D eigenvalue weighted by atomic mass is 10.1. The summed E-state index contributed by atoms with van der Waals surface area (Å²) in [5, 5.41) is 2.88. The number of nitrogens with zero attached hydrogens (tertiary/aromatic N) is 1. The number of fused-ring (bicyclic) bond motifs is 1. The first kappa shape index (κ1) is 13.4.